The number of hydrogen-bond donors (Lipinski definition) is 0. The van der Waals surface area contributed by atoms with E-state index in [4.69, 9.17) is 17.0 Å². The largest absolute Gasteiger partial charge is 0.452 e. The molecule has 0 aliphatic carbocycles. The molecule has 1 fully saturated rings. The van der Waals surface area contributed by atoms with Crippen LogP contribution in [0.5, 0.6) is 0 Å². The van der Waals surface area contributed by atoms with Crippen molar-refractivity contribution in [3.63, 3.8) is 0 Å². The number of rotatable bonds is 2. The van der Waals surface area contributed by atoms with Gasteiger partial charge in [-0.05, 0) is 45.9 Å². The van der Waals surface area contributed by atoms with Crippen LogP contribution >= 0.6 is 12.2 Å². The summed E-state index contributed by atoms with van der Waals surface area (Å²) in [5.41, 5.74) is 1.13. The summed E-state index contributed by atoms with van der Waals surface area (Å²) in [5.74, 6) is -0.113. The lowest BCUT2D eigenvalue weighted by atomic mass is 9.84. The number of fused-ring (bicyclic) bond motifs is 2. The van der Waals surface area contributed by atoms with Gasteiger partial charge >= 0.3 is 0 Å². The Labute approximate surface area is 174 Å². The highest BCUT2D eigenvalue weighted by Crippen LogP contribution is 2.41. The van der Waals surface area contributed by atoms with Gasteiger partial charge < -0.3 is 4.74 Å². The topological polar surface area (TPSA) is 29.5 Å². The smallest absolute Gasteiger partial charge is 0.267 e. The van der Waals surface area contributed by atoms with Crippen molar-refractivity contribution >= 4 is 44.8 Å². The number of amides is 1. The average molecular weight is 397 g/mol. The first kappa shape index (κ1) is 17.8. The Morgan fingerprint density at radius 1 is 0.828 bits per heavy atom. The summed E-state index contributed by atoms with van der Waals surface area (Å²) in [5, 5.41) is 4.79. The normalized spacial score (nSPS) is 15.6. The number of hydrogen-bond acceptors (Lipinski definition) is 3. The van der Waals surface area contributed by atoms with Gasteiger partial charge in [0.1, 0.15) is 0 Å². The van der Waals surface area contributed by atoms with Crippen LogP contribution in [0.25, 0.3) is 21.5 Å². The van der Waals surface area contributed by atoms with Gasteiger partial charge in [0.25, 0.3) is 5.17 Å². The predicted octanol–water partition coefficient (Wildman–Crippen LogP) is 5.40. The summed E-state index contributed by atoms with van der Waals surface area (Å²) < 4.78 is 6.33. The second kappa shape index (κ2) is 6.68. The van der Waals surface area contributed by atoms with Gasteiger partial charge in [0.15, 0.2) is 5.60 Å². The molecule has 3 nitrogen and oxygen atoms in total. The molecule has 0 N–H and O–H groups in total. The monoisotopic (exact) mass is 397 g/mol. The molecule has 1 aliphatic heterocycles. The highest BCUT2D eigenvalue weighted by Gasteiger charge is 2.47. The summed E-state index contributed by atoms with van der Waals surface area (Å²) in [7, 11) is 0. The Balaban J connectivity index is 1.74. The van der Waals surface area contributed by atoms with E-state index in [1.54, 1.807) is 4.90 Å². The Kier molecular flexibility index (Phi) is 4.10. The summed E-state index contributed by atoms with van der Waals surface area (Å²) in [4.78, 5) is 13.7. The van der Waals surface area contributed by atoms with Crippen molar-refractivity contribution in [3.8, 4) is 0 Å². The van der Waals surface area contributed by atoms with Crippen LogP contribution < -0.4 is 0 Å². The molecule has 1 amide bonds. The van der Waals surface area contributed by atoms with Crippen molar-refractivity contribution < 1.29 is 9.53 Å². The molecule has 4 heteroatoms. The summed E-state index contributed by atoms with van der Waals surface area (Å²) in [6.45, 7) is 1.88. The Hall–Kier alpha value is -3.24. The first-order valence-electron chi connectivity index (χ1n) is 9.56. The Morgan fingerprint density at radius 3 is 1.76 bits per heavy atom. The minimum atomic E-state index is -0.836. The molecule has 0 bridgehead atoms. The van der Waals surface area contributed by atoms with Gasteiger partial charge in [-0.2, -0.15) is 0 Å². The molecular weight excluding hydrogens is 378 g/mol. The molecule has 1 aliphatic rings. The van der Waals surface area contributed by atoms with E-state index in [9.17, 15) is 4.79 Å². The fraction of sp³-hybridized carbons (Fsp3) is 0.120. The van der Waals surface area contributed by atoms with Crippen LogP contribution in [-0.4, -0.2) is 22.5 Å². The van der Waals surface area contributed by atoms with Gasteiger partial charge in [-0.3, -0.25) is 9.69 Å². The average Bonchev–Trinajstić information content (AvgIpc) is 3.12. The van der Waals surface area contributed by atoms with Crippen LogP contribution in [0.3, 0.4) is 0 Å². The zero-order valence-corrected chi connectivity index (χ0v) is 16.8. The Bertz CT molecular complexity index is 1200. The number of nitrogens with zero attached hydrogens (tertiary/aromatic N) is 1. The maximum Gasteiger partial charge on any atom is 0.267 e. The van der Waals surface area contributed by atoms with E-state index in [2.05, 4.69) is 60.7 Å². The van der Waals surface area contributed by atoms with E-state index in [-0.39, 0.29) is 11.1 Å². The van der Waals surface area contributed by atoms with Crippen LogP contribution in [0, 0.1) is 0 Å². The van der Waals surface area contributed by atoms with E-state index in [1.165, 1.54) is 6.92 Å². The first-order valence-corrected chi connectivity index (χ1v) is 9.97. The lowest BCUT2D eigenvalue weighted by molar-refractivity contribution is -0.124. The molecular formula is C25H19NO2S. The lowest BCUT2D eigenvalue weighted by Gasteiger charge is -2.29. The maximum absolute atomic E-state index is 12.2. The van der Waals surface area contributed by atoms with Crippen molar-refractivity contribution in [1.29, 1.82) is 0 Å². The highest BCUT2D eigenvalue weighted by atomic mass is 32.1. The van der Waals surface area contributed by atoms with E-state index in [1.807, 2.05) is 24.3 Å². The predicted molar refractivity (Wildman–Crippen MR) is 120 cm³/mol. The zero-order chi connectivity index (χ0) is 20.0. The highest BCUT2D eigenvalue weighted by molar-refractivity contribution is 7.80. The van der Waals surface area contributed by atoms with Crippen molar-refractivity contribution in [1.82, 2.24) is 4.90 Å². The van der Waals surface area contributed by atoms with Gasteiger partial charge in [0.05, 0.1) is 6.54 Å². The van der Waals surface area contributed by atoms with Crippen molar-refractivity contribution in [2.24, 2.45) is 0 Å². The summed E-state index contributed by atoms with van der Waals surface area (Å²) >= 11 is 5.44. The molecule has 4 aromatic rings. The van der Waals surface area contributed by atoms with E-state index in [0.717, 1.165) is 32.7 Å². The molecule has 0 spiro atoms. The van der Waals surface area contributed by atoms with E-state index in [0.29, 0.717) is 6.54 Å². The van der Waals surface area contributed by atoms with Crippen molar-refractivity contribution in [2.45, 2.75) is 12.5 Å². The third kappa shape index (κ3) is 2.88. The first-order chi connectivity index (χ1) is 14.1. The fourth-order valence-corrected chi connectivity index (χ4v) is 4.45. The number of thiocarbonyl (C=S) groups is 1. The molecule has 5 rings (SSSR count). The lowest BCUT2D eigenvalue weighted by Crippen LogP contribution is -2.35. The quantitative estimate of drug-likeness (QED) is 0.424. The van der Waals surface area contributed by atoms with Gasteiger partial charge in [-0.25, -0.2) is 0 Å². The molecule has 0 aromatic heterocycles. The standard InChI is InChI=1S/C25H19NO2S/c1-17(27)26-16-25(28-24(26)29,22-12-10-18-6-2-4-8-20(18)14-22)23-13-11-19-7-3-5-9-21(19)15-23/h2-15H,16H2,1H3. The second-order valence-corrected chi connectivity index (χ2v) is 7.77. The molecule has 29 heavy (non-hydrogen) atoms. The number of benzene rings is 4. The van der Waals surface area contributed by atoms with Crippen LogP contribution in [-0.2, 0) is 15.1 Å². The molecule has 0 unspecified atom stereocenters. The molecule has 0 atom stereocenters. The van der Waals surface area contributed by atoms with Gasteiger partial charge in [0.2, 0.25) is 5.91 Å². The summed E-state index contributed by atoms with van der Waals surface area (Å²) in [6, 6.07) is 29.1. The molecule has 0 saturated carbocycles. The van der Waals surface area contributed by atoms with Crippen LogP contribution in [0.2, 0.25) is 0 Å². The fourth-order valence-electron chi connectivity index (χ4n) is 4.11. The van der Waals surface area contributed by atoms with Crippen LogP contribution in [0.1, 0.15) is 18.1 Å². The maximum atomic E-state index is 12.2. The van der Waals surface area contributed by atoms with Crippen LogP contribution in [0.4, 0.5) is 0 Å². The molecule has 4 aromatic carbocycles. The molecule has 0 radical (unpaired) electrons. The van der Waals surface area contributed by atoms with E-state index >= 15 is 0 Å². The summed E-state index contributed by atoms with van der Waals surface area (Å²) in [6.07, 6.45) is 0. The van der Waals surface area contributed by atoms with Gasteiger partial charge in [-0.1, -0.05) is 72.8 Å². The number of carbonyl (C=O) groups is 1. The second-order valence-electron chi connectivity index (χ2n) is 7.42. The molecule has 1 saturated heterocycles. The Morgan fingerprint density at radius 2 is 1.31 bits per heavy atom. The van der Waals surface area contributed by atoms with Crippen LogP contribution in [0.15, 0.2) is 84.9 Å². The molecule has 142 valence electrons. The van der Waals surface area contributed by atoms with E-state index < -0.39 is 5.60 Å². The number of carbonyl (C=O) groups excluding carboxylic acids is 1. The minimum absolute atomic E-state index is 0.113. The van der Waals surface area contributed by atoms with Gasteiger partial charge in [-0.15, -0.1) is 0 Å². The zero-order valence-electron chi connectivity index (χ0n) is 16.0. The van der Waals surface area contributed by atoms with Crippen molar-refractivity contribution in [2.75, 3.05) is 6.54 Å². The van der Waals surface area contributed by atoms with Gasteiger partial charge in [0, 0.05) is 18.1 Å². The minimum Gasteiger partial charge on any atom is -0.452 e. The molecule has 1 heterocycles. The van der Waals surface area contributed by atoms with Crippen molar-refractivity contribution in [3.05, 3.63) is 96.1 Å². The number of ether oxygens (including phenoxy) is 1. The third-order valence-corrected chi connectivity index (χ3v) is 5.98. The third-order valence-electron chi connectivity index (χ3n) is 5.67. The SMILES string of the molecule is CC(=O)N1CC(c2ccc3ccccc3c2)(c2ccc3ccccc3c2)OC1=S.